The van der Waals surface area contributed by atoms with Gasteiger partial charge < -0.3 is 5.11 Å². The van der Waals surface area contributed by atoms with Gasteiger partial charge in [-0.1, -0.05) is 87.9 Å². The average molecular weight is 490 g/mol. The minimum absolute atomic E-state index is 0.124. The predicted octanol–water partition coefficient (Wildman–Crippen LogP) is 5.80. The van der Waals surface area contributed by atoms with Crippen LogP contribution in [0, 0.1) is 5.92 Å². The molecule has 0 unspecified atom stereocenters. The summed E-state index contributed by atoms with van der Waals surface area (Å²) in [4.78, 5) is 38.1. The van der Waals surface area contributed by atoms with E-state index in [2.05, 4.69) is 12.0 Å². The second-order valence-electron chi connectivity index (χ2n) is 9.73. The monoisotopic (exact) mass is 489 g/mol. The molecule has 4 rings (SSSR count). The first-order valence-electron chi connectivity index (χ1n) is 13.1. The summed E-state index contributed by atoms with van der Waals surface area (Å²) in [5.41, 5.74) is 2.23. The Morgan fingerprint density at radius 3 is 2.39 bits per heavy atom. The molecule has 36 heavy (non-hydrogen) atoms. The van der Waals surface area contributed by atoms with Gasteiger partial charge in [-0.3, -0.25) is 9.36 Å². The van der Waals surface area contributed by atoms with Gasteiger partial charge >= 0.3 is 11.7 Å². The van der Waals surface area contributed by atoms with Crippen LogP contribution in [0.25, 0.3) is 11.1 Å². The molecule has 2 aromatic carbocycles. The molecule has 1 heterocycles. The third kappa shape index (κ3) is 5.83. The summed E-state index contributed by atoms with van der Waals surface area (Å²) >= 11 is 0. The molecular formula is C29H35N3O4. The number of aromatic carboxylic acids is 1. The standard InChI is InChI=1S/C29H35N3O4/c1-2-3-4-8-15-26-30-32(27(33)23-11-6-5-7-12-23)29(36)31(26)20-21-16-18-22(19-17-21)24-13-9-10-14-25(24)28(34)35/h9-10,13-14,16-19,23H,2-8,11-12,15,20H2,1H3,(H,34,35). The van der Waals surface area contributed by atoms with E-state index >= 15 is 0 Å². The van der Waals surface area contributed by atoms with Gasteiger partial charge in [-0.05, 0) is 42.0 Å². The zero-order valence-corrected chi connectivity index (χ0v) is 21.0. The number of carboxylic acids is 1. The molecule has 1 aromatic heterocycles. The third-order valence-corrected chi connectivity index (χ3v) is 7.12. The van der Waals surface area contributed by atoms with E-state index < -0.39 is 5.97 Å². The van der Waals surface area contributed by atoms with Crippen LogP contribution in [0.15, 0.2) is 53.3 Å². The maximum absolute atomic E-state index is 13.4. The topological polar surface area (TPSA) is 94.2 Å². The zero-order chi connectivity index (χ0) is 25.5. The lowest BCUT2D eigenvalue weighted by atomic mass is 9.89. The van der Waals surface area contributed by atoms with Crippen molar-refractivity contribution in [3.8, 4) is 11.1 Å². The number of carbonyl (C=O) groups is 2. The lowest BCUT2D eigenvalue weighted by molar-refractivity contribution is 0.0696. The molecule has 0 atom stereocenters. The first-order valence-corrected chi connectivity index (χ1v) is 13.1. The van der Waals surface area contributed by atoms with E-state index in [0.717, 1.165) is 73.6 Å². The van der Waals surface area contributed by atoms with Gasteiger partial charge in [0.15, 0.2) is 0 Å². The maximum Gasteiger partial charge on any atom is 0.353 e. The molecule has 7 nitrogen and oxygen atoms in total. The summed E-state index contributed by atoms with van der Waals surface area (Å²) in [5.74, 6) is -0.611. The molecule has 1 fully saturated rings. The van der Waals surface area contributed by atoms with Crippen molar-refractivity contribution in [1.82, 2.24) is 14.3 Å². The number of hydrogen-bond acceptors (Lipinski definition) is 4. The van der Waals surface area contributed by atoms with E-state index in [1.54, 1.807) is 22.8 Å². The molecule has 3 aromatic rings. The van der Waals surface area contributed by atoms with Crippen molar-refractivity contribution in [1.29, 1.82) is 0 Å². The van der Waals surface area contributed by atoms with Crippen LogP contribution in [0.2, 0.25) is 0 Å². The van der Waals surface area contributed by atoms with Crippen LogP contribution in [0.3, 0.4) is 0 Å². The highest BCUT2D eigenvalue weighted by atomic mass is 16.4. The maximum atomic E-state index is 13.4. The largest absolute Gasteiger partial charge is 0.478 e. The number of nitrogens with zero attached hydrogens (tertiary/aromatic N) is 3. The third-order valence-electron chi connectivity index (χ3n) is 7.12. The molecule has 7 heteroatoms. The zero-order valence-electron chi connectivity index (χ0n) is 21.0. The van der Waals surface area contributed by atoms with Gasteiger partial charge in [0.1, 0.15) is 5.82 Å². The molecule has 1 saturated carbocycles. The van der Waals surface area contributed by atoms with Crippen molar-refractivity contribution in [2.75, 3.05) is 0 Å². The summed E-state index contributed by atoms with van der Waals surface area (Å²) in [7, 11) is 0. The highest BCUT2D eigenvalue weighted by Crippen LogP contribution is 2.26. The van der Waals surface area contributed by atoms with Crippen molar-refractivity contribution in [2.45, 2.75) is 77.7 Å². The molecule has 1 aliphatic rings. The number of unbranched alkanes of at least 4 members (excludes halogenated alkanes) is 3. The van der Waals surface area contributed by atoms with Crippen LogP contribution in [0.1, 0.15) is 91.3 Å². The van der Waals surface area contributed by atoms with Gasteiger partial charge in [-0.2, -0.15) is 0 Å². The molecule has 0 amide bonds. The van der Waals surface area contributed by atoms with E-state index in [-0.39, 0.29) is 23.1 Å². The number of aryl methyl sites for hydroxylation is 1. The molecule has 1 aliphatic carbocycles. The Balaban J connectivity index is 1.60. The molecule has 0 bridgehead atoms. The summed E-state index contributed by atoms with van der Waals surface area (Å²) in [5, 5.41) is 14.0. The second kappa shape index (κ2) is 12.0. The Morgan fingerprint density at radius 1 is 0.972 bits per heavy atom. The predicted molar refractivity (Wildman–Crippen MR) is 139 cm³/mol. The number of hydrogen-bond donors (Lipinski definition) is 1. The van der Waals surface area contributed by atoms with Crippen LogP contribution in [0.4, 0.5) is 0 Å². The van der Waals surface area contributed by atoms with Crippen molar-refractivity contribution in [3.63, 3.8) is 0 Å². The van der Waals surface area contributed by atoms with Gasteiger partial charge in [0.05, 0.1) is 12.1 Å². The molecule has 0 radical (unpaired) electrons. The fourth-order valence-electron chi connectivity index (χ4n) is 5.05. The van der Waals surface area contributed by atoms with Crippen LogP contribution < -0.4 is 5.69 Å². The average Bonchev–Trinajstić information content (AvgIpc) is 3.21. The van der Waals surface area contributed by atoms with E-state index in [0.29, 0.717) is 24.4 Å². The summed E-state index contributed by atoms with van der Waals surface area (Å²) in [6.07, 6.45) is 9.72. The van der Waals surface area contributed by atoms with Gasteiger partial charge in [-0.15, -0.1) is 9.78 Å². The molecule has 0 saturated heterocycles. The van der Waals surface area contributed by atoms with Crippen molar-refractivity contribution < 1.29 is 14.7 Å². The Kier molecular flexibility index (Phi) is 8.52. The fourth-order valence-corrected chi connectivity index (χ4v) is 5.05. The van der Waals surface area contributed by atoms with Crippen LogP contribution >= 0.6 is 0 Å². The fraction of sp³-hybridized carbons (Fsp3) is 0.448. The quantitative estimate of drug-likeness (QED) is 0.363. The van der Waals surface area contributed by atoms with Crippen molar-refractivity contribution in [2.24, 2.45) is 5.92 Å². The molecule has 0 spiro atoms. The second-order valence-corrected chi connectivity index (χ2v) is 9.73. The summed E-state index contributed by atoms with van der Waals surface area (Å²) in [6, 6.07) is 14.5. The van der Waals surface area contributed by atoms with Crippen molar-refractivity contribution in [3.05, 3.63) is 76.0 Å². The lowest BCUT2D eigenvalue weighted by Gasteiger charge is -2.19. The molecule has 0 aliphatic heterocycles. The number of benzene rings is 2. The molecule has 1 N–H and O–H groups in total. The lowest BCUT2D eigenvalue weighted by Crippen LogP contribution is -2.35. The Hall–Kier alpha value is -3.48. The number of carbonyl (C=O) groups excluding carboxylic acids is 1. The number of carboxylic acid groups (broad SMARTS) is 1. The summed E-state index contributed by atoms with van der Waals surface area (Å²) in [6.45, 7) is 2.48. The van der Waals surface area contributed by atoms with Crippen LogP contribution in [-0.2, 0) is 13.0 Å². The summed E-state index contributed by atoms with van der Waals surface area (Å²) < 4.78 is 2.75. The minimum atomic E-state index is -0.969. The van der Waals surface area contributed by atoms with Crippen LogP contribution in [0.5, 0.6) is 0 Å². The molecular weight excluding hydrogens is 454 g/mol. The van der Waals surface area contributed by atoms with Gasteiger partial charge in [0, 0.05) is 12.3 Å². The molecule has 190 valence electrons. The van der Waals surface area contributed by atoms with Gasteiger partial charge in [0.25, 0.3) is 5.91 Å². The Bertz CT molecular complexity index is 1250. The Morgan fingerprint density at radius 2 is 1.69 bits per heavy atom. The van der Waals surface area contributed by atoms with E-state index in [1.165, 1.54) is 0 Å². The van der Waals surface area contributed by atoms with E-state index in [4.69, 9.17) is 0 Å². The van der Waals surface area contributed by atoms with E-state index in [1.807, 2.05) is 30.3 Å². The number of rotatable bonds is 10. The highest BCUT2D eigenvalue weighted by Gasteiger charge is 2.27. The van der Waals surface area contributed by atoms with Gasteiger partial charge in [-0.25, -0.2) is 9.59 Å². The van der Waals surface area contributed by atoms with Crippen molar-refractivity contribution >= 4 is 11.9 Å². The normalized spacial score (nSPS) is 14.1. The minimum Gasteiger partial charge on any atom is -0.478 e. The SMILES string of the molecule is CCCCCCc1nn(C(=O)C2CCCCC2)c(=O)n1Cc1ccc(-c2ccccc2C(=O)O)cc1. The Labute approximate surface area is 211 Å². The van der Waals surface area contributed by atoms with Crippen LogP contribution in [-0.4, -0.2) is 31.3 Å². The number of aromatic nitrogens is 3. The first-order chi connectivity index (χ1) is 17.5. The smallest absolute Gasteiger partial charge is 0.353 e. The first kappa shape index (κ1) is 25.6. The van der Waals surface area contributed by atoms with Gasteiger partial charge in [0.2, 0.25) is 0 Å². The highest BCUT2D eigenvalue weighted by molar-refractivity contribution is 5.96. The van der Waals surface area contributed by atoms with E-state index in [9.17, 15) is 19.5 Å².